The van der Waals surface area contributed by atoms with E-state index in [2.05, 4.69) is 21.8 Å². The number of hydrogen-bond acceptors (Lipinski definition) is 6. The molecule has 4 heterocycles. The van der Waals surface area contributed by atoms with E-state index >= 15 is 4.39 Å². The van der Waals surface area contributed by atoms with Crippen molar-refractivity contribution in [2.24, 2.45) is 13.0 Å². The molecular formula is C28H25FN6O3. The summed E-state index contributed by atoms with van der Waals surface area (Å²) < 4.78 is 30.3. The van der Waals surface area contributed by atoms with Crippen molar-refractivity contribution in [3.05, 3.63) is 76.7 Å². The fourth-order valence-electron chi connectivity index (χ4n) is 5.15. The van der Waals surface area contributed by atoms with Gasteiger partial charge in [0.25, 0.3) is 0 Å². The van der Waals surface area contributed by atoms with E-state index in [4.69, 9.17) is 20.7 Å². The second-order valence-electron chi connectivity index (χ2n) is 9.73. The molecule has 3 aromatic heterocycles. The Bertz CT molecular complexity index is 1760. The van der Waals surface area contributed by atoms with Crippen molar-refractivity contribution < 1.29 is 13.5 Å². The van der Waals surface area contributed by atoms with E-state index in [1.54, 1.807) is 41.2 Å². The van der Waals surface area contributed by atoms with E-state index in [1.807, 2.05) is 0 Å². The maximum absolute atomic E-state index is 15.7. The van der Waals surface area contributed by atoms with Crippen LogP contribution in [0.3, 0.4) is 0 Å². The van der Waals surface area contributed by atoms with E-state index in [9.17, 15) is 4.79 Å². The van der Waals surface area contributed by atoms with Crippen LogP contribution in [0, 0.1) is 18.3 Å². The molecule has 0 bridgehead atoms. The van der Waals surface area contributed by atoms with Crippen LogP contribution in [0.25, 0.3) is 44.0 Å². The summed E-state index contributed by atoms with van der Waals surface area (Å²) in [7, 11) is 3.64. The Morgan fingerprint density at radius 2 is 2.03 bits per heavy atom. The highest BCUT2D eigenvalue weighted by atomic mass is 19.1. The molecule has 1 atom stereocenters. The Balaban J connectivity index is 1.54. The predicted octanol–water partition coefficient (Wildman–Crippen LogP) is 4.92. The average molecular weight is 513 g/mol. The Kier molecular flexibility index (Phi) is 5.93. The number of halogens is 1. The molecule has 0 amide bonds. The Morgan fingerprint density at radius 3 is 2.79 bits per heavy atom. The Morgan fingerprint density at radius 1 is 1.21 bits per heavy atom. The summed E-state index contributed by atoms with van der Waals surface area (Å²) in [6, 6.07) is 9.74. The number of rotatable bonds is 5. The lowest BCUT2D eigenvalue weighted by molar-refractivity contribution is 0.148. The number of aromatic nitrogens is 4. The van der Waals surface area contributed by atoms with Gasteiger partial charge in [0.2, 0.25) is 5.88 Å². The van der Waals surface area contributed by atoms with Crippen LogP contribution < -0.4 is 10.5 Å². The van der Waals surface area contributed by atoms with Crippen molar-refractivity contribution in [1.29, 1.82) is 0 Å². The summed E-state index contributed by atoms with van der Waals surface area (Å²) in [4.78, 5) is 27.1. The van der Waals surface area contributed by atoms with Crippen molar-refractivity contribution >= 4 is 22.3 Å². The maximum atomic E-state index is 15.7. The summed E-state index contributed by atoms with van der Waals surface area (Å²) in [5, 5.41) is 0. The zero-order valence-corrected chi connectivity index (χ0v) is 21.0. The van der Waals surface area contributed by atoms with Crippen LogP contribution in [0.1, 0.15) is 12.8 Å². The van der Waals surface area contributed by atoms with E-state index < -0.39 is 11.6 Å². The topological polar surface area (TPSA) is 82.2 Å². The van der Waals surface area contributed by atoms with Crippen LogP contribution in [0.4, 0.5) is 10.1 Å². The number of ether oxygens (including phenoxy) is 1. The fraction of sp³-hybridized carbons (Fsp3) is 0.286. The van der Waals surface area contributed by atoms with Crippen molar-refractivity contribution in [3.8, 4) is 28.4 Å². The number of aryl methyl sites for hydroxylation is 1. The minimum Gasteiger partial charge on any atom is -0.476 e. The van der Waals surface area contributed by atoms with Crippen molar-refractivity contribution in [2.75, 3.05) is 26.7 Å². The zero-order valence-electron chi connectivity index (χ0n) is 21.0. The van der Waals surface area contributed by atoms with Gasteiger partial charge in [0, 0.05) is 31.1 Å². The van der Waals surface area contributed by atoms with Gasteiger partial charge in [0.15, 0.2) is 11.3 Å². The molecular weight excluding hydrogens is 487 g/mol. The highest BCUT2D eigenvalue weighted by Crippen LogP contribution is 2.38. The first-order chi connectivity index (χ1) is 18.4. The monoisotopic (exact) mass is 512 g/mol. The first kappa shape index (κ1) is 23.9. The molecule has 0 radical (unpaired) electrons. The molecule has 10 heteroatoms. The molecule has 0 unspecified atom stereocenters. The minimum absolute atomic E-state index is 0.201. The quantitative estimate of drug-likeness (QED) is 0.311. The number of benzene rings is 2. The first-order valence-electron chi connectivity index (χ1n) is 12.4. The second kappa shape index (κ2) is 9.43. The lowest BCUT2D eigenvalue weighted by Gasteiger charge is -2.29. The summed E-state index contributed by atoms with van der Waals surface area (Å²) in [5.41, 5.74) is 3.47. The van der Waals surface area contributed by atoms with Crippen LogP contribution in [-0.4, -0.2) is 50.6 Å². The maximum Gasteiger partial charge on any atom is 0.419 e. The molecule has 192 valence electrons. The molecule has 0 N–H and O–H groups in total. The van der Waals surface area contributed by atoms with E-state index in [-0.39, 0.29) is 11.1 Å². The van der Waals surface area contributed by atoms with E-state index in [1.165, 1.54) is 23.7 Å². The molecule has 0 saturated carbocycles. The number of hydrogen-bond donors (Lipinski definition) is 0. The molecule has 1 aliphatic heterocycles. The SMILES string of the molecule is [C-]#[N+]c1ccc(-c2nc(OC[C@@H]3CCCN(C)C3)c3cncn3c2-c2cc3oc(=O)n(C)c3cc2F)cc1. The number of piperidine rings is 1. The number of likely N-dealkylation sites (tertiary alicyclic amines) is 1. The normalized spacial score (nSPS) is 16.2. The zero-order chi connectivity index (χ0) is 26.4. The van der Waals surface area contributed by atoms with Crippen LogP contribution in [0.15, 0.2) is 58.1 Å². The van der Waals surface area contributed by atoms with Gasteiger partial charge in [-0.3, -0.25) is 8.97 Å². The molecule has 38 heavy (non-hydrogen) atoms. The lowest BCUT2D eigenvalue weighted by Crippen LogP contribution is -2.34. The van der Waals surface area contributed by atoms with Gasteiger partial charge in [-0.1, -0.05) is 24.3 Å². The molecule has 1 fully saturated rings. The van der Waals surface area contributed by atoms with Gasteiger partial charge in [0.1, 0.15) is 11.3 Å². The molecule has 6 rings (SSSR count). The summed E-state index contributed by atoms with van der Waals surface area (Å²) in [6.07, 6.45) is 5.44. The molecule has 0 spiro atoms. The minimum atomic E-state index is -0.575. The van der Waals surface area contributed by atoms with Gasteiger partial charge in [0.05, 0.1) is 42.6 Å². The van der Waals surface area contributed by atoms with Crippen molar-refractivity contribution in [2.45, 2.75) is 12.8 Å². The van der Waals surface area contributed by atoms with Gasteiger partial charge < -0.3 is 14.1 Å². The molecule has 9 nitrogen and oxygen atoms in total. The van der Waals surface area contributed by atoms with Crippen LogP contribution in [0.2, 0.25) is 0 Å². The highest BCUT2D eigenvalue weighted by molar-refractivity contribution is 5.87. The van der Waals surface area contributed by atoms with Crippen molar-refractivity contribution in [1.82, 2.24) is 23.8 Å². The number of nitrogens with zero attached hydrogens (tertiary/aromatic N) is 6. The fourth-order valence-corrected chi connectivity index (χ4v) is 5.15. The third kappa shape index (κ3) is 4.11. The third-order valence-electron chi connectivity index (χ3n) is 7.12. The largest absolute Gasteiger partial charge is 0.476 e. The molecule has 1 aliphatic rings. The summed E-state index contributed by atoms with van der Waals surface area (Å²) >= 11 is 0. The summed E-state index contributed by atoms with van der Waals surface area (Å²) in [6.45, 7) is 9.83. The average Bonchev–Trinajstić information content (AvgIpc) is 3.52. The van der Waals surface area contributed by atoms with E-state index in [0.29, 0.717) is 52.1 Å². The summed E-state index contributed by atoms with van der Waals surface area (Å²) in [5.74, 6) is -0.338. The number of imidazole rings is 1. The molecule has 5 aromatic rings. The van der Waals surface area contributed by atoms with Gasteiger partial charge in [-0.15, -0.1) is 0 Å². The van der Waals surface area contributed by atoms with Crippen LogP contribution in [0.5, 0.6) is 5.88 Å². The first-order valence-corrected chi connectivity index (χ1v) is 12.4. The van der Waals surface area contributed by atoms with Gasteiger partial charge in [-0.05, 0) is 38.1 Å². The number of oxazole rings is 1. The Hall–Kier alpha value is -4.49. The van der Waals surface area contributed by atoms with E-state index in [0.717, 1.165) is 25.9 Å². The second-order valence-corrected chi connectivity index (χ2v) is 9.73. The standard InChI is InChI=1S/C28H25FN6O3/c1-30-19-8-6-18(7-9-19)25-26(20-11-24-22(12-21(20)29)34(3)28(36)38-24)35-16-31-13-23(35)27(32-25)37-15-17-5-4-10-33(2)14-17/h6-9,11-13,16-17H,4-5,10,14-15H2,2-3H3/t17-/m1/s1. The molecule has 0 aliphatic carbocycles. The van der Waals surface area contributed by atoms with Crippen LogP contribution >= 0.6 is 0 Å². The predicted molar refractivity (Wildman–Crippen MR) is 141 cm³/mol. The molecule has 1 saturated heterocycles. The van der Waals surface area contributed by atoms with Gasteiger partial charge in [-0.25, -0.2) is 24.0 Å². The van der Waals surface area contributed by atoms with Gasteiger partial charge in [-0.2, -0.15) is 0 Å². The van der Waals surface area contributed by atoms with Crippen molar-refractivity contribution in [3.63, 3.8) is 0 Å². The highest BCUT2D eigenvalue weighted by Gasteiger charge is 2.24. The van der Waals surface area contributed by atoms with Gasteiger partial charge >= 0.3 is 5.76 Å². The smallest absolute Gasteiger partial charge is 0.419 e. The third-order valence-corrected chi connectivity index (χ3v) is 7.12. The number of fused-ring (bicyclic) bond motifs is 2. The molecule has 2 aromatic carbocycles. The Labute approximate surface area is 217 Å². The lowest BCUT2D eigenvalue weighted by atomic mass is 10.00. The van der Waals surface area contributed by atoms with Crippen LogP contribution in [-0.2, 0) is 7.05 Å².